The molecule has 2 aromatic carbocycles. The average Bonchev–Trinajstić information content (AvgIpc) is 3.45. The van der Waals surface area contributed by atoms with E-state index in [2.05, 4.69) is 15.5 Å². The molecule has 0 aliphatic carbocycles. The van der Waals surface area contributed by atoms with Gasteiger partial charge in [0.15, 0.2) is 10.1 Å². The first kappa shape index (κ1) is 21.9. The Morgan fingerprint density at radius 1 is 1.13 bits per heavy atom. The lowest BCUT2D eigenvalue weighted by molar-refractivity contribution is 0.102. The SMILES string of the molecule is O=C(CSc1nnc(Nc2cccc(F)c2)s1)c1ccc(S(=O)(=O)N2CCCC2)cc1. The molecule has 2 heterocycles. The number of hydrogen-bond donors (Lipinski definition) is 1. The van der Waals surface area contributed by atoms with Gasteiger partial charge in [-0.3, -0.25) is 4.79 Å². The van der Waals surface area contributed by atoms with Crippen LogP contribution in [0.25, 0.3) is 0 Å². The third kappa shape index (κ3) is 5.29. The summed E-state index contributed by atoms with van der Waals surface area (Å²) in [6.45, 7) is 1.08. The van der Waals surface area contributed by atoms with E-state index in [1.807, 2.05) is 0 Å². The lowest BCUT2D eigenvalue weighted by Gasteiger charge is -2.15. The van der Waals surface area contributed by atoms with Crippen LogP contribution >= 0.6 is 23.1 Å². The molecule has 7 nitrogen and oxygen atoms in total. The third-order valence-corrected chi connectivity index (χ3v) is 8.57. The predicted molar refractivity (Wildman–Crippen MR) is 119 cm³/mol. The second kappa shape index (κ2) is 9.43. The van der Waals surface area contributed by atoms with Crippen molar-refractivity contribution >= 4 is 49.7 Å². The fraction of sp³-hybridized carbons (Fsp3) is 0.250. The zero-order valence-electron chi connectivity index (χ0n) is 16.3. The summed E-state index contributed by atoms with van der Waals surface area (Å²) in [5, 5.41) is 11.5. The summed E-state index contributed by atoms with van der Waals surface area (Å²) in [5.41, 5.74) is 1.00. The molecule has 4 rings (SSSR count). The molecule has 11 heteroatoms. The van der Waals surface area contributed by atoms with E-state index in [4.69, 9.17) is 0 Å². The van der Waals surface area contributed by atoms with E-state index in [1.165, 1.54) is 51.7 Å². The second-order valence-corrected chi connectivity index (χ2v) is 11.0. The fourth-order valence-electron chi connectivity index (χ4n) is 3.11. The van der Waals surface area contributed by atoms with Gasteiger partial charge in [-0.25, -0.2) is 12.8 Å². The summed E-state index contributed by atoms with van der Waals surface area (Å²) in [4.78, 5) is 12.7. The molecular formula is C20H19FN4O3S3. The van der Waals surface area contributed by atoms with Crippen molar-refractivity contribution in [3.05, 3.63) is 59.9 Å². The zero-order valence-corrected chi connectivity index (χ0v) is 18.8. The molecule has 0 amide bonds. The van der Waals surface area contributed by atoms with Crippen LogP contribution in [0.1, 0.15) is 23.2 Å². The van der Waals surface area contributed by atoms with Crippen molar-refractivity contribution in [2.75, 3.05) is 24.2 Å². The molecular weight excluding hydrogens is 459 g/mol. The number of nitrogens with one attached hydrogen (secondary N) is 1. The van der Waals surface area contributed by atoms with E-state index in [1.54, 1.807) is 24.3 Å². The van der Waals surface area contributed by atoms with Gasteiger partial charge >= 0.3 is 0 Å². The van der Waals surface area contributed by atoms with Crippen LogP contribution in [0, 0.1) is 5.82 Å². The molecule has 0 radical (unpaired) electrons. The molecule has 0 saturated carbocycles. The van der Waals surface area contributed by atoms with Crippen molar-refractivity contribution < 1.29 is 17.6 Å². The molecule has 1 saturated heterocycles. The summed E-state index contributed by atoms with van der Waals surface area (Å²) in [6, 6.07) is 12.1. The van der Waals surface area contributed by atoms with E-state index >= 15 is 0 Å². The first-order chi connectivity index (χ1) is 14.9. The summed E-state index contributed by atoms with van der Waals surface area (Å²) in [5.74, 6) is -0.341. The maximum absolute atomic E-state index is 13.3. The molecule has 0 spiro atoms. The second-order valence-electron chi connectivity index (χ2n) is 6.86. The topological polar surface area (TPSA) is 92.3 Å². The average molecular weight is 479 g/mol. The molecule has 0 unspecified atom stereocenters. The minimum absolute atomic E-state index is 0.134. The number of hydrogen-bond acceptors (Lipinski definition) is 8. The Morgan fingerprint density at radius 3 is 2.58 bits per heavy atom. The number of Topliss-reactive ketones (excluding diaryl/α,β-unsaturated/α-hetero) is 1. The Labute approximate surface area is 187 Å². The molecule has 162 valence electrons. The zero-order chi connectivity index (χ0) is 21.8. The van der Waals surface area contributed by atoms with Gasteiger partial charge in [-0.15, -0.1) is 10.2 Å². The number of nitrogens with zero attached hydrogens (tertiary/aromatic N) is 3. The number of ketones is 1. The van der Waals surface area contributed by atoms with Crippen LogP contribution in [0.15, 0.2) is 57.8 Å². The minimum Gasteiger partial charge on any atom is -0.330 e. The molecule has 1 aliphatic heterocycles. The number of anilines is 2. The first-order valence-electron chi connectivity index (χ1n) is 9.54. The van der Waals surface area contributed by atoms with E-state index in [0.717, 1.165) is 12.8 Å². The van der Waals surface area contributed by atoms with Crippen LogP contribution in [-0.2, 0) is 10.0 Å². The van der Waals surface area contributed by atoms with Gasteiger partial charge in [0.2, 0.25) is 15.2 Å². The monoisotopic (exact) mass is 478 g/mol. The van der Waals surface area contributed by atoms with Gasteiger partial charge in [-0.05, 0) is 43.2 Å². The Hall–Kier alpha value is -2.34. The highest BCUT2D eigenvalue weighted by Crippen LogP contribution is 2.28. The van der Waals surface area contributed by atoms with Crippen LogP contribution in [0.4, 0.5) is 15.2 Å². The molecule has 1 N–H and O–H groups in total. The minimum atomic E-state index is -3.49. The smallest absolute Gasteiger partial charge is 0.243 e. The van der Waals surface area contributed by atoms with Gasteiger partial charge in [-0.1, -0.05) is 41.3 Å². The van der Waals surface area contributed by atoms with Crippen molar-refractivity contribution in [1.82, 2.24) is 14.5 Å². The standard InChI is InChI=1S/C20H19FN4O3S3/c21-15-4-3-5-16(12-15)22-19-23-24-20(30-19)29-13-18(26)14-6-8-17(9-7-14)31(27,28)25-10-1-2-11-25/h3-9,12H,1-2,10-11,13H2,(H,22,23). The Balaban J connectivity index is 1.34. The lowest BCUT2D eigenvalue weighted by Crippen LogP contribution is -2.27. The van der Waals surface area contributed by atoms with Crippen LogP contribution < -0.4 is 5.32 Å². The number of carbonyl (C=O) groups excluding carboxylic acids is 1. The van der Waals surface area contributed by atoms with Crippen LogP contribution in [0.5, 0.6) is 0 Å². The number of sulfonamides is 1. The van der Waals surface area contributed by atoms with Gasteiger partial charge in [0.1, 0.15) is 5.82 Å². The number of benzene rings is 2. The molecule has 0 atom stereocenters. The summed E-state index contributed by atoms with van der Waals surface area (Å²) < 4.78 is 40.5. The van der Waals surface area contributed by atoms with Crippen molar-refractivity contribution in [1.29, 1.82) is 0 Å². The van der Waals surface area contributed by atoms with Crippen LogP contribution in [0.3, 0.4) is 0 Å². The molecule has 1 aromatic heterocycles. The first-order valence-corrected chi connectivity index (χ1v) is 12.8. The number of carbonyl (C=O) groups is 1. The fourth-order valence-corrected chi connectivity index (χ4v) is 6.29. The molecule has 31 heavy (non-hydrogen) atoms. The number of aromatic nitrogens is 2. The Bertz CT molecular complexity index is 1180. The van der Waals surface area contributed by atoms with E-state index < -0.39 is 10.0 Å². The van der Waals surface area contributed by atoms with Crippen LogP contribution in [-0.4, -0.2) is 47.5 Å². The summed E-state index contributed by atoms with van der Waals surface area (Å²) in [7, 11) is -3.49. The van der Waals surface area contributed by atoms with Gasteiger partial charge in [0.05, 0.1) is 10.6 Å². The van der Waals surface area contributed by atoms with E-state index in [-0.39, 0.29) is 22.2 Å². The highest BCUT2D eigenvalue weighted by Gasteiger charge is 2.27. The molecule has 1 fully saturated rings. The van der Waals surface area contributed by atoms with Gasteiger partial charge in [0, 0.05) is 24.3 Å². The highest BCUT2D eigenvalue weighted by atomic mass is 32.2. The van der Waals surface area contributed by atoms with Crippen molar-refractivity contribution in [3.63, 3.8) is 0 Å². The summed E-state index contributed by atoms with van der Waals surface area (Å²) >= 11 is 2.50. The Morgan fingerprint density at radius 2 is 1.87 bits per heavy atom. The van der Waals surface area contributed by atoms with Crippen molar-refractivity contribution in [3.8, 4) is 0 Å². The van der Waals surface area contributed by atoms with Gasteiger partial charge in [-0.2, -0.15) is 4.31 Å². The Kier molecular flexibility index (Phi) is 6.65. The number of rotatable bonds is 8. The molecule has 1 aliphatic rings. The number of thioether (sulfide) groups is 1. The van der Waals surface area contributed by atoms with Crippen molar-refractivity contribution in [2.45, 2.75) is 22.1 Å². The summed E-state index contributed by atoms with van der Waals surface area (Å²) in [6.07, 6.45) is 1.75. The van der Waals surface area contributed by atoms with Gasteiger partial charge < -0.3 is 5.32 Å². The predicted octanol–water partition coefficient (Wildman–Crippen LogP) is 4.18. The maximum Gasteiger partial charge on any atom is 0.243 e. The normalized spacial score (nSPS) is 14.6. The maximum atomic E-state index is 13.3. The molecule has 3 aromatic rings. The van der Waals surface area contributed by atoms with Crippen LogP contribution in [0.2, 0.25) is 0 Å². The van der Waals surface area contributed by atoms with E-state index in [9.17, 15) is 17.6 Å². The third-order valence-electron chi connectivity index (χ3n) is 4.69. The molecule has 0 bridgehead atoms. The number of halogens is 1. The lowest BCUT2D eigenvalue weighted by atomic mass is 10.1. The van der Waals surface area contributed by atoms with E-state index in [0.29, 0.717) is 33.8 Å². The highest BCUT2D eigenvalue weighted by molar-refractivity contribution is 8.01. The quantitative estimate of drug-likeness (QED) is 0.383. The van der Waals surface area contributed by atoms with Crippen molar-refractivity contribution in [2.24, 2.45) is 0 Å². The largest absolute Gasteiger partial charge is 0.330 e. The van der Waals surface area contributed by atoms with Gasteiger partial charge in [0.25, 0.3) is 0 Å².